The first kappa shape index (κ1) is 77.2. The standard InChI is InChI=1S/C21H25N3O3.C17H16N4O.C16H17N3O.C11H8N2O2.C6H7BO2.C5H3BrN2O2/c1-21(2,3)27-20(26)24-10-9-15(14-24)11-18(25)19-22-12-17(13-23-19)16-7-5-4-6-8-16;18-12-21-7-6-13(11-21)8-16(22)17-19-9-15(10-20-17)14-4-2-1-3-5-14;20-15(8-12-6-7-17-9-12)16-18-10-14(11-19-16)13-4-2-1-3-5-13;14-11(15)10-12-6-9(7-13-10)8-4-2-1-3-5-8;8-7(9)6-4-2-1-3-5-6;6-3-1-7-4(5(9)10)8-2-3/h4-8,12-13,15H,9-11,14H2,1-3H3;1-5,9-10,13H,6-8,11H2;1-5,10-12,17H,6-9H2;1-7H,(H,14,15);1-5,8-9H;1-2H,(H,9,10)/t15-;13-;12-;;;/m000.../s1. The molecule has 0 unspecified atom stereocenters. The highest BCUT2D eigenvalue weighted by atomic mass is 79.9. The highest BCUT2D eigenvalue weighted by Gasteiger charge is 2.32. The Bertz CT molecular complexity index is 4360. The summed E-state index contributed by atoms with van der Waals surface area (Å²) in [5, 5.41) is 46.2. The topological polar surface area (TPSA) is 364 Å². The monoisotopic (exact) mass is 1450 g/mol. The third-order valence-electron chi connectivity index (χ3n) is 15.8. The van der Waals surface area contributed by atoms with E-state index in [9.17, 15) is 28.8 Å². The molecule has 27 heteroatoms. The van der Waals surface area contributed by atoms with E-state index in [-0.39, 0.29) is 58.6 Å². The van der Waals surface area contributed by atoms with E-state index in [2.05, 4.69) is 77.3 Å². The highest BCUT2D eigenvalue weighted by Crippen LogP contribution is 2.26. The van der Waals surface area contributed by atoms with Gasteiger partial charge in [0.2, 0.25) is 11.6 Å². The van der Waals surface area contributed by atoms with Gasteiger partial charge < -0.3 is 40.1 Å². The number of carbonyl (C=O) groups is 6. The quantitative estimate of drug-likeness (QED) is 0.0341. The number of hydrogen-bond acceptors (Lipinski definition) is 22. The van der Waals surface area contributed by atoms with E-state index in [0.717, 1.165) is 83.4 Å². The molecule has 1 amide bonds. The minimum absolute atomic E-state index is 0.0401. The lowest BCUT2D eigenvalue weighted by Gasteiger charge is -2.24. The van der Waals surface area contributed by atoms with E-state index in [1.54, 1.807) is 71.2 Å². The second-order valence-electron chi connectivity index (χ2n) is 24.8. The SMILES string of the molecule is CC(C)(C)OC(=O)N1CC[C@@H](CC(=O)c2ncc(-c3ccccc3)cn2)C1.N#CN1CC[C@@H](CC(=O)c2ncc(-c3ccccc3)cn2)C1.O=C(C[C@@H]1CCNC1)c1ncc(-c2ccccc2)cn1.O=C(O)c1ncc(-c2ccccc2)cn1.O=C(O)c1ncc(Br)cn1.OB(O)c1ccccc1. The van der Waals surface area contributed by atoms with E-state index in [0.29, 0.717) is 60.6 Å². The van der Waals surface area contributed by atoms with Crippen molar-refractivity contribution in [2.75, 3.05) is 39.3 Å². The first-order valence-corrected chi connectivity index (χ1v) is 33.8. The van der Waals surface area contributed by atoms with Crippen molar-refractivity contribution in [3.8, 4) is 50.7 Å². The third-order valence-corrected chi connectivity index (χ3v) is 16.2. The van der Waals surface area contributed by atoms with Gasteiger partial charge in [0.15, 0.2) is 41.0 Å². The lowest BCUT2D eigenvalue weighted by Crippen LogP contribution is -2.35. The third kappa shape index (κ3) is 25.5. The minimum atomic E-state index is -1.34. The van der Waals surface area contributed by atoms with Gasteiger partial charge in [0, 0.05) is 130 Å². The number of carbonyl (C=O) groups excluding carboxylic acids is 4. The van der Waals surface area contributed by atoms with E-state index in [4.69, 9.17) is 30.3 Å². The van der Waals surface area contributed by atoms with Crippen LogP contribution in [0.5, 0.6) is 0 Å². The number of benzene rings is 5. The van der Waals surface area contributed by atoms with Crippen molar-refractivity contribution in [2.24, 2.45) is 17.8 Å². The predicted molar refractivity (Wildman–Crippen MR) is 389 cm³/mol. The van der Waals surface area contributed by atoms with Crippen LogP contribution in [0.2, 0.25) is 0 Å². The van der Waals surface area contributed by atoms with E-state index >= 15 is 0 Å². The summed E-state index contributed by atoms with van der Waals surface area (Å²) < 4.78 is 6.06. The number of aromatic nitrogens is 10. The lowest BCUT2D eigenvalue weighted by molar-refractivity contribution is 0.0286. The van der Waals surface area contributed by atoms with Crippen molar-refractivity contribution in [2.45, 2.75) is 64.9 Å². The molecule has 3 saturated heterocycles. The fraction of sp³-hybridized carbons (Fsp3) is 0.250. The number of ether oxygens (including phenoxy) is 1. The van der Waals surface area contributed by atoms with Crippen molar-refractivity contribution < 1.29 is 53.8 Å². The van der Waals surface area contributed by atoms with Crippen molar-refractivity contribution in [3.05, 3.63) is 247 Å². The number of carboxylic acids is 2. The van der Waals surface area contributed by atoms with Crippen LogP contribution < -0.4 is 10.8 Å². The maximum Gasteiger partial charge on any atom is 0.488 e. The molecule has 0 radical (unpaired) electrons. The van der Waals surface area contributed by atoms with Crippen LogP contribution >= 0.6 is 15.9 Å². The second kappa shape index (κ2) is 39.4. The van der Waals surface area contributed by atoms with Gasteiger partial charge in [-0.3, -0.25) is 14.4 Å². The molecular formula is C76H76BBrN14O11. The Kier molecular flexibility index (Phi) is 29.5. The number of nitrogens with one attached hydrogen (secondary N) is 1. The Morgan fingerprint density at radius 3 is 1.12 bits per heavy atom. The van der Waals surface area contributed by atoms with Crippen molar-refractivity contribution >= 4 is 63.9 Å². The van der Waals surface area contributed by atoms with Gasteiger partial charge in [0.25, 0.3) is 0 Å². The van der Waals surface area contributed by atoms with Crippen LogP contribution in [-0.4, -0.2) is 167 Å². The zero-order valence-electron chi connectivity index (χ0n) is 56.8. The lowest BCUT2D eigenvalue weighted by atomic mass is 9.81. The van der Waals surface area contributed by atoms with Crippen molar-refractivity contribution in [3.63, 3.8) is 0 Å². The van der Waals surface area contributed by atoms with Crippen LogP contribution in [0.15, 0.2) is 218 Å². The van der Waals surface area contributed by atoms with Gasteiger partial charge in [-0.2, -0.15) is 5.26 Å². The second-order valence-corrected chi connectivity index (χ2v) is 25.7. The molecule has 3 aliphatic heterocycles. The molecule has 25 nitrogen and oxygen atoms in total. The molecule has 0 saturated carbocycles. The number of hydrogen-bond donors (Lipinski definition) is 5. The van der Waals surface area contributed by atoms with Crippen LogP contribution in [0, 0.1) is 29.2 Å². The summed E-state index contributed by atoms with van der Waals surface area (Å²) in [4.78, 5) is 113. The zero-order chi connectivity index (χ0) is 73.5. The number of nitriles is 1. The Morgan fingerprint density at radius 2 is 0.806 bits per heavy atom. The molecule has 5 N–H and O–H groups in total. The number of Topliss-reactive ketones (excluding diaryl/α,β-unsaturated/α-hetero) is 3. The maximum atomic E-state index is 12.5. The number of amides is 1. The van der Waals surface area contributed by atoms with Crippen LogP contribution in [0.1, 0.15) is 112 Å². The molecule has 5 aromatic heterocycles. The Morgan fingerprint density at radius 1 is 0.476 bits per heavy atom. The van der Waals surface area contributed by atoms with Crippen molar-refractivity contribution in [1.82, 2.24) is 65.0 Å². The molecule has 3 aliphatic rings. The van der Waals surface area contributed by atoms with Crippen LogP contribution in [-0.2, 0) is 4.74 Å². The number of carboxylic acid groups (broad SMARTS) is 2. The normalized spacial score (nSPS) is 14.8. The molecule has 3 fully saturated rings. The number of nitrogens with zero attached hydrogens (tertiary/aromatic N) is 13. The molecule has 13 rings (SSSR count). The Balaban J connectivity index is 0.000000162. The average Bonchev–Trinajstić information content (AvgIpc) is 1.52. The highest BCUT2D eigenvalue weighted by molar-refractivity contribution is 9.10. The van der Waals surface area contributed by atoms with Gasteiger partial charge in [-0.05, 0) is 115 Å². The van der Waals surface area contributed by atoms with Crippen molar-refractivity contribution in [1.29, 1.82) is 5.26 Å². The summed E-state index contributed by atoms with van der Waals surface area (Å²) in [5.74, 6) is -1.13. The first-order chi connectivity index (χ1) is 49.7. The molecule has 526 valence electrons. The number of likely N-dealkylation sites (tertiary alicyclic amines) is 2. The fourth-order valence-corrected chi connectivity index (χ4v) is 10.8. The molecule has 0 aliphatic carbocycles. The molecule has 10 aromatic rings. The van der Waals surface area contributed by atoms with Crippen LogP contribution in [0.4, 0.5) is 4.79 Å². The number of aromatic carboxylic acids is 2. The van der Waals surface area contributed by atoms with Crippen LogP contribution in [0.25, 0.3) is 44.5 Å². The number of halogens is 1. The summed E-state index contributed by atoms with van der Waals surface area (Å²) >= 11 is 3.08. The van der Waals surface area contributed by atoms with Gasteiger partial charge in [-0.15, -0.1) is 0 Å². The molecular weight excluding hydrogens is 1380 g/mol. The van der Waals surface area contributed by atoms with Gasteiger partial charge in [0.05, 0.1) is 4.47 Å². The fourth-order valence-electron chi connectivity index (χ4n) is 10.6. The summed E-state index contributed by atoms with van der Waals surface area (Å²) in [7, 11) is -1.34. The smallest absolute Gasteiger partial charge is 0.475 e. The van der Waals surface area contributed by atoms with E-state index in [1.807, 2.05) is 148 Å². The van der Waals surface area contributed by atoms with Gasteiger partial charge in [0.1, 0.15) is 5.60 Å². The number of ketones is 3. The summed E-state index contributed by atoms with van der Waals surface area (Å²) in [6, 6.07) is 47.8. The molecule has 0 bridgehead atoms. The van der Waals surface area contributed by atoms with E-state index < -0.39 is 24.7 Å². The summed E-state index contributed by atoms with van der Waals surface area (Å²) in [6.07, 6.45) is 21.8. The molecule has 8 heterocycles. The van der Waals surface area contributed by atoms with Gasteiger partial charge in [-0.1, -0.05) is 152 Å². The Labute approximate surface area is 604 Å². The van der Waals surface area contributed by atoms with Gasteiger partial charge in [-0.25, -0.2) is 64.2 Å². The largest absolute Gasteiger partial charge is 0.488 e. The predicted octanol–water partition coefficient (Wildman–Crippen LogP) is 11.0. The average molecular weight is 1450 g/mol. The summed E-state index contributed by atoms with van der Waals surface area (Å²) in [6.45, 7) is 10.0. The molecule has 103 heavy (non-hydrogen) atoms. The maximum absolute atomic E-state index is 12.5. The molecule has 3 atom stereocenters. The van der Waals surface area contributed by atoms with E-state index in [1.165, 1.54) is 24.8 Å². The zero-order valence-corrected chi connectivity index (χ0v) is 58.4. The minimum Gasteiger partial charge on any atom is -0.475 e. The van der Waals surface area contributed by atoms with Gasteiger partial charge >= 0.3 is 25.2 Å². The number of rotatable bonds is 16. The van der Waals surface area contributed by atoms with Crippen LogP contribution in [0.3, 0.4) is 0 Å². The Hall–Kier alpha value is -11.6. The summed E-state index contributed by atoms with van der Waals surface area (Å²) in [5.41, 5.74) is 7.60. The first-order valence-electron chi connectivity index (χ1n) is 33.0. The molecule has 0 spiro atoms. The molecule has 5 aromatic carbocycles.